The van der Waals surface area contributed by atoms with Gasteiger partial charge in [-0.25, -0.2) is 4.79 Å². The van der Waals surface area contributed by atoms with Crippen molar-refractivity contribution in [2.45, 2.75) is 57.8 Å². The Balaban J connectivity index is 2.92. The van der Waals surface area contributed by atoms with Crippen molar-refractivity contribution in [3.8, 4) is 5.75 Å². The number of hydrogen-bond acceptors (Lipinski definition) is 7. The first-order valence-electron chi connectivity index (χ1n) is 10.6. The molecule has 0 aliphatic heterocycles. The fraction of sp³-hybridized carbons (Fsp3) is 0.545. The smallest absolute Gasteiger partial charge is 0.326 e. The van der Waals surface area contributed by atoms with Gasteiger partial charge < -0.3 is 31.9 Å². The molecule has 0 aromatic heterocycles. The summed E-state index contributed by atoms with van der Waals surface area (Å²) in [4.78, 5) is 49.2. The SMILES string of the molecule is CSCCC(N)C(=O)NC(Cc1ccc(O)cc1)C(=O)NC(C)C(=O)NC(C(=O)O)C(C)C. The predicted molar refractivity (Wildman–Crippen MR) is 127 cm³/mol. The minimum Gasteiger partial charge on any atom is -0.508 e. The van der Waals surface area contributed by atoms with E-state index in [0.29, 0.717) is 17.7 Å². The average Bonchev–Trinajstić information content (AvgIpc) is 2.75. The van der Waals surface area contributed by atoms with Crippen LogP contribution in [0.2, 0.25) is 0 Å². The number of nitrogens with two attached hydrogens (primary N) is 1. The first-order valence-corrected chi connectivity index (χ1v) is 12.0. The van der Waals surface area contributed by atoms with Crippen LogP contribution in [0.25, 0.3) is 0 Å². The summed E-state index contributed by atoms with van der Waals surface area (Å²) in [5.74, 6) is -2.55. The Morgan fingerprint density at radius 3 is 2.09 bits per heavy atom. The Morgan fingerprint density at radius 1 is 0.970 bits per heavy atom. The number of hydrogen-bond donors (Lipinski definition) is 6. The van der Waals surface area contributed by atoms with E-state index in [2.05, 4.69) is 16.0 Å². The lowest BCUT2D eigenvalue weighted by Crippen LogP contribution is -2.57. The van der Waals surface area contributed by atoms with Crippen LogP contribution in [-0.2, 0) is 25.6 Å². The Morgan fingerprint density at radius 2 is 1.58 bits per heavy atom. The second-order valence-electron chi connectivity index (χ2n) is 8.12. The molecule has 4 unspecified atom stereocenters. The highest BCUT2D eigenvalue weighted by molar-refractivity contribution is 7.98. The van der Waals surface area contributed by atoms with E-state index in [0.717, 1.165) is 0 Å². The molecule has 0 saturated carbocycles. The summed E-state index contributed by atoms with van der Waals surface area (Å²) in [7, 11) is 0. The van der Waals surface area contributed by atoms with E-state index in [4.69, 9.17) is 5.73 Å². The maximum absolute atomic E-state index is 12.9. The fourth-order valence-corrected chi connectivity index (χ4v) is 3.39. The monoisotopic (exact) mass is 482 g/mol. The lowest BCUT2D eigenvalue weighted by molar-refractivity contribution is -0.143. The van der Waals surface area contributed by atoms with Crippen LogP contribution in [0.3, 0.4) is 0 Å². The average molecular weight is 483 g/mol. The second-order valence-corrected chi connectivity index (χ2v) is 9.10. The van der Waals surface area contributed by atoms with Crippen molar-refractivity contribution in [1.29, 1.82) is 0 Å². The van der Waals surface area contributed by atoms with Crippen LogP contribution in [-0.4, -0.2) is 70.1 Å². The third-order valence-electron chi connectivity index (χ3n) is 4.96. The fourth-order valence-electron chi connectivity index (χ4n) is 2.90. The molecule has 0 spiro atoms. The van der Waals surface area contributed by atoms with E-state index in [1.807, 2.05) is 6.26 Å². The van der Waals surface area contributed by atoms with Crippen molar-refractivity contribution in [2.75, 3.05) is 12.0 Å². The maximum atomic E-state index is 12.9. The molecule has 7 N–H and O–H groups in total. The van der Waals surface area contributed by atoms with E-state index in [-0.39, 0.29) is 18.1 Å². The molecule has 0 radical (unpaired) electrons. The number of amides is 3. The molecule has 10 nitrogen and oxygen atoms in total. The van der Waals surface area contributed by atoms with Crippen LogP contribution < -0.4 is 21.7 Å². The molecule has 0 aliphatic carbocycles. The minimum atomic E-state index is -1.17. The Hall–Kier alpha value is -2.79. The number of phenolic OH excluding ortho intramolecular Hbond substituents is 1. The summed E-state index contributed by atoms with van der Waals surface area (Å²) in [6, 6.07) is 2.20. The Kier molecular flexibility index (Phi) is 11.7. The standard InChI is InChI=1S/C22H34N4O6S/c1-12(2)18(22(31)32)26-19(28)13(3)24-21(30)17(11-14-5-7-15(27)8-6-14)25-20(29)16(23)9-10-33-4/h5-8,12-13,16-18,27H,9-11,23H2,1-4H3,(H,24,30)(H,25,29)(H,26,28)(H,31,32). The molecule has 0 heterocycles. The summed E-state index contributed by atoms with van der Waals surface area (Å²) >= 11 is 1.55. The minimum absolute atomic E-state index is 0.0614. The molecule has 184 valence electrons. The summed E-state index contributed by atoms with van der Waals surface area (Å²) < 4.78 is 0. The maximum Gasteiger partial charge on any atom is 0.326 e. The molecular weight excluding hydrogens is 448 g/mol. The van der Waals surface area contributed by atoms with Gasteiger partial charge in [0.25, 0.3) is 0 Å². The summed E-state index contributed by atoms with van der Waals surface area (Å²) in [5.41, 5.74) is 6.59. The number of aliphatic carboxylic acids is 1. The molecule has 0 aliphatic rings. The zero-order chi connectivity index (χ0) is 25.1. The van der Waals surface area contributed by atoms with Crippen LogP contribution in [0.4, 0.5) is 0 Å². The number of carboxylic acids is 1. The third-order valence-corrected chi connectivity index (χ3v) is 5.61. The third kappa shape index (κ3) is 9.70. The quantitative estimate of drug-likeness (QED) is 0.232. The number of carbonyl (C=O) groups is 4. The molecule has 33 heavy (non-hydrogen) atoms. The highest BCUT2D eigenvalue weighted by Crippen LogP contribution is 2.12. The first kappa shape index (κ1) is 28.2. The number of thioether (sulfide) groups is 1. The van der Waals surface area contributed by atoms with Crippen LogP contribution in [0.5, 0.6) is 5.75 Å². The molecule has 11 heteroatoms. The molecule has 1 aromatic rings. The van der Waals surface area contributed by atoms with Crippen molar-refractivity contribution >= 4 is 35.5 Å². The lowest BCUT2D eigenvalue weighted by atomic mass is 10.0. The zero-order valence-corrected chi connectivity index (χ0v) is 20.1. The van der Waals surface area contributed by atoms with Gasteiger partial charge in [0.05, 0.1) is 6.04 Å². The van der Waals surface area contributed by atoms with Crippen LogP contribution in [0.15, 0.2) is 24.3 Å². The number of carbonyl (C=O) groups excluding carboxylic acids is 3. The van der Waals surface area contributed by atoms with E-state index < -0.39 is 47.9 Å². The van der Waals surface area contributed by atoms with Gasteiger partial charge >= 0.3 is 5.97 Å². The van der Waals surface area contributed by atoms with E-state index in [9.17, 15) is 29.4 Å². The van der Waals surface area contributed by atoms with Gasteiger partial charge in [0.15, 0.2) is 0 Å². The first-order chi connectivity index (χ1) is 15.5. The van der Waals surface area contributed by atoms with Gasteiger partial charge in [-0.3, -0.25) is 14.4 Å². The number of phenols is 1. The van der Waals surface area contributed by atoms with E-state index >= 15 is 0 Å². The molecule has 1 rings (SSSR count). The van der Waals surface area contributed by atoms with Gasteiger partial charge in [0.2, 0.25) is 17.7 Å². The van der Waals surface area contributed by atoms with E-state index in [1.165, 1.54) is 19.1 Å². The molecule has 1 aromatic carbocycles. The van der Waals surface area contributed by atoms with Crippen molar-refractivity contribution in [3.05, 3.63) is 29.8 Å². The van der Waals surface area contributed by atoms with Gasteiger partial charge in [-0.2, -0.15) is 11.8 Å². The van der Waals surface area contributed by atoms with E-state index in [1.54, 1.807) is 37.7 Å². The van der Waals surface area contributed by atoms with Crippen molar-refractivity contribution < 1.29 is 29.4 Å². The summed E-state index contributed by atoms with van der Waals surface area (Å²) in [5, 5.41) is 26.3. The highest BCUT2D eigenvalue weighted by Gasteiger charge is 2.29. The molecule has 4 atom stereocenters. The number of carboxylic acid groups (broad SMARTS) is 1. The zero-order valence-electron chi connectivity index (χ0n) is 19.3. The molecule has 3 amide bonds. The molecular formula is C22H34N4O6S. The van der Waals surface area contributed by atoms with Gasteiger partial charge in [-0.1, -0.05) is 26.0 Å². The van der Waals surface area contributed by atoms with Gasteiger partial charge in [0, 0.05) is 6.42 Å². The number of benzene rings is 1. The number of nitrogens with one attached hydrogen (secondary N) is 3. The topological polar surface area (TPSA) is 171 Å². The molecule has 0 bridgehead atoms. The predicted octanol–water partition coefficient (Wildman–Crippen LogP) is 0.230. The van der Waals surface area contributed by atoms with Crippen LogP contribution in [0, 0.1) is 5.92 Å². The van der Waals surface area contributed by atoms with Crippen LogP contribution >= 0.6 is 11.8 Å². The van der Waals surface area contributed by atoms with Crippen molar-refractivity contribution in [2.24, 2.45) is 11.7 Å². The number of rotatable bonds is 13. The van der Waals surface area contributed by atoms with Gasteiger partial charge in [0.1, 0.15) is 23.9 Å². The lowest BCUT2D eigenvalue weighted by Gasteiger charge is -2.24. The summed E-state index contributed by atoms with van der Waals surface area (Å²) in [6.45, 7) is 4.74. The van der Waals surface area contributed by atoms with Crippen molar-refractivity contribution in [3.63, 3.8) is 0 Å². The normalized spacial score (nSPS) is 14.6. The molecule has 0 saturated heterocycles. The number of aromatic hydroxyl groups is 1. The Labute approximate surface area is 198 Å². The summed E-state index contributed by atoms with van der Waals surface area (Å²) in [6.07, 6.45) is 2.43. The van der Waals surface area contributed by atoms with Gasteiger partial charge in [-0.15, -0.1) is 0 Å². The molecule has 0 fully saturated rings. The van der Waals surface area contributed by atoms with Gasteiger partial charge in [-0.05, 0) is 49.0 Å². The Bertz CT molecular complexity index is 818. The van der Waals surface area contributed by atoms with Crippen molar-refractivity contribution in [1.82, 2.24) is 16.0 Å². The second kappa shape index (κ2) is 13.7. The largest absolute Gasteiger partial charge is 0.508 e. The van der Waals surface area contributed by atoms with Crippen LogP contribution in [0.1, 0.15) is 32.8 Å². The highest BCUT2D eigenvalue weighted by atomic mass is 32.2.